The van der Waals surface area contributed by atoms with Crippen molar-refractivity contribution in [3.63, 3.8) is 0 Å². The van der Waals surface area contributed by atoms with Gasteiger partial charge in [-0.1, -0.05) is 0 Å². The number of hydrogen-bond acceptors (Lipinski definition) is 8. The van der Waals surface area contributed by atoms with Crippen molar-refractivity contribution in [3.8, 4) is 11.3 Å². The summed E-state index contributed by atoms with van der Waals surface area (Å²) in [6, 6.07) is 5.24. The summed E-state index contributed by atoms with van der Waals surface area (Å²) < 4.78 is 39.4. The molecule has 2 fully saturated rings. The van der Waals surface area contributed by atoms with E-state index in [2.05, 4.69) is 15.0 Å². The molecule has 0 radical (unpaired) electrons. The van der Waals surface area contributed by atoms with Crippen LogP contribution < -0.4 is 4.90 Å². The third kappa shape index (κ3) is 4.33. The van der Waals surface area contributed by atoms with E-state index in [1.165, 1.54) is 12.1 Å². The average molecular weight is 466 g/mol. The monoisotopic (exact) mass is 466 g/mol. The quantitative estimate of drug-likeness (QED) is 0.441. The third-order valence-electron chi connectivity index (χ3n) is 6.11. The van der Waals surface area contributed by atoms with Crippen LogP contribution in [-0.2, 0) is 9.47 Å². The molecule has 1 saturated carbocycles. The van der Waals surface area contributed by atoms with Crippen LogP contribution >= 0.6 is 0 Å². The molecule has 176 valence electrons. The van der Waals surface area contributed by atoms with E-state index in [1.807, 2.05) is 24.8 Å². The van der Waals surface area contributed by atoms with Gasteiger partial charge in [0.1, 0.15) is 11.6 Å². The van der Waals surface area contributed by atoms with E-state index in [1.54, 1.807) is 0 Å². The predicted molar refractivity (Wildman–Crippen MR) is 123 cm³/mol. The third-order valence-corrected chi connectivity index (χ3v) is 6.11. The fraction of sp³-hybridized carbons (Fsp3) is 0.375. The molecule has 2 N–H and O–H groups in total. The summed E-state index contributed by atoms with van der Waals surface area (Å²) in [5.41, 5.74) is 2.56. The van der Waals surface area contributed by atoms with Crippen LogP contribution in [0, 0.1) is 42.2 Å². The van der Waals surface area contributed by atoms with Gasteiger partial charge in [0.25, 0.3) is 0 Å². The maximum Gasteiger partial charge on any atom is 0.228 e. The Kier molecular flexibility index (Phi) is 5.68. The highest BCUT2D eigenvalue weighted by Crippen LogP contribution is 2.32. The molecule has 1 saturated heterocycles. The molecule has 0 unspecified atom stereocenters. The lowest BCUT2D eigenvalue weighted by atomic mass is 10.1. The standard InChI is InChI=1S/C24H24F2N6O2/c1-12-9-17-20(16-6-5-15(25)10-18(16)26)30-24(31-23(17)29-13(12)2)32-7-8-33-19(11-32)22(28)34-21(27)14-3-4-14/h5-6,9-10,14,19,27-28H,3-4,7-8,11H2,1-2H3/t19-/m1/s1. The van der Waals surface area contributed by atoms with Crippen LogP contribution in [-0.4, -0.2) is 52.5 Å². The number of anilines is 1. The van der Waals surface area contributed by atoms with Crippen molar-refractivity contribution in [1.82, 2.24) is 15.0 Å². The van der Waals surface area contributed by atoms with Crippen molar-refractivity contribution in [2.45, 2.75) is 32.8 Å². The minimum Gasteiger partial charge on any atom is -0.427 e. The van der Waals surface area contributed by atoms with E-state index in [0.717, 1.165) is 30.2 Å². The molecule has 1 aromatic carbocycles. The second-order valence-electron chi connectivity index (χ2n) is 8.67. The number of hydrogen-bond donors (Lipinski definition) is 2. The molecule has 0 spiro atoms. The SMILES string of the molecule is Cc1cc2c(-c3ccc(F)cc3F)nc(N3CCO[C@@H](C(=N)OC(=N)C4CC4)C3)nc2nc1C. The highest BCUT2D eigenvalue weighted by molar-refractivity contribution is 5.94. The number of benzene rings is 1. The molecular formula is C24H24F2N6O2. The summed E-state index contributed by atoms with van der Waals surface area (Å²) in [5, 5.41) is 16.7. The minimum absolute atomic E-state index is 0.0924. The maximum absolute atomic E-state index is 14.8. The molecule has 5 rings (SSSR count). The lowest BCUT2D eigenvalue weighted by molar-refractivity contribution is 0.0719. The van der Waals surface area contributed by atoms with Gasteiger partial charge >= 0.3 is 0 Å². The van der Waals surface area contributed by atoms with Crippen LogP contribution in [0.2, 0.25) is 0 Å². The van der Waals surface area contributed by atoms with Gasteiger partial charge in [0.15, 0.2) is 17.6 Å². The molecule has 3 aromatic rings. The Bertz CT molecular complexity index is 1310. The first kappa shape index (κ1) is 22.3. The van der Waals surface area contributed by atoms with E-state index < -0.39 is 17.7 Å². The highest BCUT2D eigenvalue weighted by Gasteiger charge is 2.33. The van der Waals surface area contributed by atoms with E-state index >= 15 is 0 Å². The number of ether oxygens (including phenoxy) is 2. The normalized spacial score (nSPS) is 18.2. The van der Waals surface area contributed by atoms with Crippen LogP contribution in [0.1, 0.15) is 24.1 Å². The van der Waals surface area contributed by atoms with Gasteiger partial charge in [0, 0.05) is 35.2 Å². The van der Waals surface area contributed by atoms with Crippen LogP contribution in [0.4, 0.5) is 14.7 Å². The smallest absolute Gasteiger partial charge is 0.228 e. The predicted octanol–water partition coefficient (Wildman–Crippen LogP) is 4.17. The fourth-order valence-corrected chi connectivity index (χ4v) is 3.86. The molecule has 2 aliphatic rings. The van der Waals surface area contributed by atoms with Crippen molar-refractivity contribution in [1.29, 1.82) is 10.8 Å². The number of nitrogens with one attached hydrogen (secondary N) is 2. The molecule has 10 heteroatoms. The van der Waals surface area contributed by atoms with Crippen LogP contribution in [0.15, 0.2) is 24.3 Å². The number of rotatable bonds is 4. The number of nitrogens with zero attached hydrogens (tertiary/aromatic N) is 4. The van der Waals surface area contributed by atoms with Gasteiger partial charge in [-0.2, -0.15) is 4.98 Å². The summed E-state index contributed by atoms with van der Waals surface area (Å²) in [6.45, 7) is 4.75. The Labute approximate surface area is 195 Å². The molecule has 1 aliphatic carbocycles. The molecular weight excluding hydrogens is 442 g/mol. The van der Waals surface area contributed by atoms with E-state index in [-0.39, 0.29) is 29.8 Å². The first-order valence-electron chi connectivity index (χ1n) is 11.1. The van der Waals surface area contributed by atoms with Crippen LogP contribution in [0.25, 0.3) is 22.3 Å². The van der Waals surface area contributed by atoms with Crippen molar-refractivity contribution >= 4 is 28.8 Å². The van der Waals surface area contributed by atoms with Gasteiger partial charge in [0.2, 0.25) is 11.8 Å². The zero-order valence-corrected chi connectivity index (χ0v) is 18.9. The van der Waals surface area contributed by atoms with Crippen molar-refractivity contribution in [3.05, 3.63) is 47.2 Å². The van der Waals surface area contributed by atoms with Gasteiger partial charge in [-0.3, -0.25) is 10.8 Å². The van der Waals surface area contributed by atoms with Crippen molar-refractivity contribution in [2.75, 3.05) is 24.6 Å². The topological polar surface area (TPSA) is 108 Å². The zero-order chi connectivity index (χ0) is 24.0. The number of halogens is 2. The molecule has 8 nitrogen and oxygen atoms in total. The fourth-order valence-electron chi connectivity index (χ4n) is 3.86. The zero-order valence-electron chi connectivity index (χ0n) is 18.9. The van der Waals surface area contributed by atoms with Gasteiger partial charge in [-0.05, 0) is 50.5 Å². The second-order valence-corrected chi connectivity index (χ2v) is 8.67. The van der Waals surface area contributed by atoms with Gasteiger partial charge in [-0.15, -0.1) is 0 Å². The number of aromatic nitrogens is 3. The maximum atomic E-state index is 14.8. The summed E-state index contributed by atoms with van der Waals surface area (Å²) in [6.07, 6.45) is 1.12. The Hall–Kier alpha value is -3.53. The van der Waals surface area contributed by atoms with Gasteiger partial charge < -0.3 is 14.4 Å². The number of fused-ring (bicyclic) bond motifs is 1. The number of aryl methyl sites for hydroxylation is 2. The number of morpholine rings is 1. The first-order chi connectivity index (χ1) is 16.3. The van der Waals surface area contributed by atoms with E-state index in [4.69, 9.17) is 20.3 Å². The first-order valence-corrected chi connectivity index (χ1v) is 11.1. The van der Waals surface area contributed by atoms with E-state index in [9.17, 15) is 8.78 Å². The molecule has 1 aliphatic heterocycles. The number of pyridine rings is 1. The largest absolute Gasteiger partial charge is 0.427 e. The molecule has 0 bridgehead atoms. The molecule has 1 atom stereocenters. The lowest BCUT2D eigenvalue weighted by Gasteiger charge is -2.33. The minimum atomic E-state index is -0.724. The molecule has 0 amide bonds. The Morgan fingerprint density at radius 3 is 2.62 bits per heavy atom. The summed E-state index contributed by atoms with van der Waals surface area (Å²) in [7, 11) is 0. The van der Waals surface area contributed by atoms with Crippen LogP contribution in [0.3, 0.4) is 0 Å². The van der Waals surface area contributed by atoms with Crippen molar-refractivity contribution in [2.24, 2.45) is 5.92 Å². The summed E-state index contributed by atoms with van der Waals surface area (Å²) >= 11 is 0. The van der Waals surface area contributed by atoms with E-state index in [0.29, 0.717) is 35.8 Å². The molecule has 3 heterocycles. The van der Waals surface area contributed by atoms with Crippen LogP contribution in [0.5, 0.6) is 0 Å². The highest BCUT2D eigenvalue weighted by atomic mass is 19.1. The van der Waals surface area contributed by atoms with Gasteiger partial charge in [0.05, 0.1) is 18.8 Å². The Morgan fingerprint density at radius 2 is 1.88 bits per heavy atom. The average Bonchev–Trinajstić information content (AvgIpc) is 3.65. The second kappa shape index (κ2) is 8.68. The summed E-state index contributed by atoms with van der Waals surface area (Å²) in [4.78, 5) is 15.7. The van der Waals surface area contributed by atoms with Gasteiger partial charge in [-0.25, -0.2) is 18.7 Å². The molecule has 34 heavy (non-hydrogen) atoms. The van der Waals surface area contributed by atoms with Crippen molar-refractivity contribution < 1.29 is 18.3 Å². The Balaban J connectivity index is 1.52. The lowest BCUT2D eigenvalue weighted by Crippen LogP contribution is -2.47. The Morgan fingerprint density at radius 1 is 1.09 bits per heavy atom. The summed E-state index contributed by atoms with van der Waals surface area (Å²) in [5.74, 6) is -1.03. The molecule has 2 aromatic heterocycles.